The molecule has 0 N–H and O–H groups in total. The number of hydrogen-bond donors (Lipinski definition) is 0. The Hall–Kier alpha value is -1.10. The third-order valence-electron chi connectivity index (χ3n) is 3.53. The summed E-state index contributed by atoms with van der Waals surface area (Å²) >= 11 is 3.48. The predicted octanol–water partition coefficient (Wildman–Crippen LogP) is 3.12. The normalized spacial score (nSPS) is 19.4. The van der Waals surface area contributed by atoms with Crippen LogP contribution < -0.4 is 4.90 Å². The fourth-order valence-electron chi connectivity index (χ4n) is 2.70. The SMILES string of the molecule is CC1(C)CCCN(c2nc(Br)cn3ccnc23)C1. The van der Waals surface area contributed by atoms with E-state index in [-0.39, 0.29) is 0 Å². The third kappa shape index (κ3) is 2.11. The van der Waals surface area contributed by atoms with Crippen LogP contribution in [0.4, 0.5) is 5.82 Å². The highest BCUT2D eigenvalue weighted by Crippen LogP contribution is 2.32. The lowest BCUT2D eigenvalue weighted by Gasteiger charge is -2.38. The summed E-state index contributed by atoms with van der Waals surface area (Å²) in [5.74, 6) is 0.988. The van der Waals surface area contributed by atoms with E-state index in [0.717, 1.165) is 29.2 Å². The summed E-state index contributed by atoms with van der Waals surface area (Å²) in [6, 6.07) is 0. The van der Waals surface area contributed by atoms with Crippen LogP contribution in [0.3, 0.4) is 0 Å². The minimum Gasteiger partial charge on any atom is -0.353 e. The Labute approximate surface area is 115 Å². The molecule has 1 aliphatic rings. The number of piperidine rings is 1. The molecule has 3 heterocycles. The topological polar surface area (TPSA) is 33.4 Å². The summed E-state index contributed by atoms with van der Waals surface area (Å²) in [5.41, 5.74) is 1.29. The van der Waals surface area contributed by atoms with Crippen molar-refractivity contribution in [2.75, 3.05) is 18.0 Å². The third-order valence-corrected chi connectivity index (χ3v) is 3.91. The van der Waals surface area contributed by atoms with Gasteiger partial charge in [-0.3, -0.25) is 0 Å². The second-order valence-electron chi connectivity index (χ2n) is 5.73. The molecular weight excluding hydrogens is 292 g/mol. The van der Waals surface area contributed by atoms with Crippen molar-refractivity contribution >= 4 is 27.4 Å². The second kappa shape index (κ2) is 4.23. The average Bonchev–Trinajstić information content (AvgIpc) is 2.74. The molecule has 96 valence electrons. The molecule has 1 fully saturated rings. The maximum atomic E-state index is 4.62. The van der Waals surface area contributed by atoms with E-state index in [4.69, 9.17) is 0 Å². The number of nitrogens with zero attached hydrogens (tertiary/aromatic N) is 4. The van der Waals surface area contributed by atoms with Gasteiger partial charge in [-0.1, -0.05) is 13.8 Å². The van der Waals surface area contributed by atoms with Gasteiger partial charge in [-0.2, -0.15) is 0 Å². The van der Waals surface area contributed by atoms with Crippen molar-refractivity contribution in [3.63, 3.8) is 0 Å². The molecule has 3 rings (SSSR count). The number of anilines is 1. The van der Waals surface area contributed by atoms with E-state index in [9.17, 15) is 0 Å². The summed E-state index contributed by atoms with van der Waals surface area (Å²) in [6.07, 6.45) is 8.22. The van der Waals surface area contributed by atoms with Crippen LogP contribution in [0.2, 0.25) is 0 Å². The summed E-state index contributed by atoms with van der Waals surface area (Å²) in [4.78, 5) is 11.4. The smallest absolute Gasteiger partial charge is 0.180 e. The van der Waals surface area contributed by atoms with Crippen molar-refractivity contribution in [1.82, 2.24) is 14.4 Å². The lowest BCUT2D eigenvalue weighted by atomic mass is 9.84. The van der Waals surface area contributed by atoms with Crippen LogP contribution in [-0.2, 0) is 0 Å². The lowest BCUT2D eigenvalue weighted by molar-refractivity contribution is 0.292. The number of fused-ring (bicyclic) bond motifs is 1. The van der Waals surface area contributed by atoms with E-state index in [1.807, 2.05) is 23.0 Å². The molecule has 0 amide bonds. The van der Waals surface area contributed by atoms with Crippen LogP contribution in [-0.4, -0.2) is 27.5 Å². The number of imidazole rings is 1. The Morgan fingerprint density at radius 1 is 1.39 bits per heavy atom. The Balaban J connectivity index is 2.05. The first-order valence-electron chi connectivity index (χ1n) is 6.29. The van der Waals surface area contributed by atoms with Gasteiger partial charge in [-0.25, -0.2) is 9.97 Å². The zero-order chi connectivity index (χ0) is 12.8. The summed E-state index contributed by atoms with van der Waals surface area (Å²) in [6.45, 7) is 6.74. The molecule has 0 unspecified atom stereocenters. The summed E-state index contributed by atoms with van der Waals surface area (Å²) < 4.78 is 2.87. The Bertz CT molecular complexity index is 575. The highest BCUT2D eigenvalue weighted by atomic mass is 79.9. The average molecular weight is 309 g/mol. The first-order valence-corrected chi connectivity index (χ1v) is 7.09. The molecule has 0 spiro atoms. The molecule has 18 heavy (non-hydrogen) atoms. The maximum Gasteiger partial charge on any atom is 0.180 e. The minimum absolute atomic E-state index is 0.353. The monoisotopic (exact) mass is 308 g/mol. The van der Waals surface area contributed by atoms with Crippen molar-refractivity contribution in [1.29, 1.82) is 0 Å². The van der Waals surface area contributed by atoms with Gasteiger partial charge in [-0.15, -0.1) is 0 Å². The van der Waals surface area contributed by atoms with E-state index in [1.54, 1.807) is 0 Å². The van der Waals surface area contributed by atoms with Crippen molar-refractivity contribution in [2.24, 2.45) is 5.41 Å². The Morgan fingerprint density at radius 3 is 3.00 bits per heavy atom. The first-order chi connectivity index (χ1) is 8.55. The predicted molar refractivity (Wildman–Crippen MR) is 75.9 cm³/mol. The van der Waals surface area contributed by atoms with Gasteiger partial charge in [0.1, 0.15) is 4.60 Å². The quantitative estimate of drug-likeness (QED) is 0.811. The first kappa shape index (κ1) is 12.0. The van der Waals surface area contributed by atoms with Crippen molar-refractivity contribution in [2.45, 2.75) is 26.7 Å². The zero-order valence-corrected chi connectivity index (χ0v) is 12.3. The zero-order valence-electron chi connectivity index (χ0n) is 10.7. The van der Waals surface area contributed by atoms with Crippen molar-refractivity contribution in [3.8, 4) is 0 Å². The van der Waals surface area contributed by atoms with Crippen LogP contribution in [0.1, 0.15) is 26.7 Å². The molecule has 1 aliphatic heterocycles. The number of halogens is 1. The van der Waals surface area contributed by atoms with Crippen LogP contribution >= 0.6 is 15.9 Å². The van der Waals surface area contributed by atoms with Gasteiger partial charge in [0, 0.05) is 31.7 Å². The van der Waals surface area contributed by atoms with Gasteiger partial charge in [-0.05, 0) is 34.2 Å². The molecule has 0 atom stereocenters. The molecule has 2 aromatic heterocycles. The van der Waals surface area contributed by atoms with Crippen LogP contribution in [0.15, 0.2) is 23.2 Å². The van der Waals surface area contributed by atoms with Crippen LogP contribution in [0.5, 0.6) is 0 Å². The maximum absolute atomic E-state index is 4.62. The van der Waals surface area contributed by atoms with E-state index in [1.165, 1.54) is 12.8 Å². The molecule has 0 saturated carbocycles. The molecule has 5 heteroatoms. The number of aromatic nitrogens is 3. The molecule has 4 nitrogen and oxygen atoms in total. The molecular formula is C13H17BrN4. The fraction of sp³-hybridized carbons (Fsp3) is 0.538. The number of hydrogen-bond acceptors (Lipinski definition) is 3. The van der Waals surface area contributed by atoms with Gasteiger partial charge in [0.25, 0.3) is 0 Å². The van der Waals surface area contributed by atoms with E-state index < -0.39 is 0 Å². The van der Waals surface area contributed by atoms with Gasteiger partial charge in [0.05, 0.1) is 0 Å². The number of rotatable bonds is 1. The molecule has 0 radical (unpaired) electrons. The minimum atomic E-state index is 0.353. The van der Waals surface area contributed by atoms with Crippen LogP contribution in [0.25, 0.3) is 5.65 Å². The fourth-order valence-corrected chi connectivity index (χ4v) is 3.09. The van der Waals surface area contributed by atoms with E-state index >= 15 is 0 Å². The Kier molecular flexibility index (Phi) is 2.81. The Morgan fingerprint density at radius 2 is 2.22 bits per heavy atom. The van der Waals surface area contributed by atoms with Crippen LogP contribution in [0, 0.1) is 5.41 Å². The second-order valence-corrected chi connectivity index (χ2v) is 6.55. The highest BCUT2D eigenvalue weighted by molar-refractivity contribution is 9.10. The summed E-state index contributed by atoms with van der Waals surface area (Å²) in [5, 5.41) is 0. The van der Waals surface area contributed by atoms with Gasteiger partial charge >= 0.3 is 0 Å². The van der Waals surface area contributed by atoms with E-state index in [0.29, 0.717) is 5.41 Å². The highest BCUT2D eigenvalue weighted by Gasteiger charge is 2.28. The summed E-state index contributed by atoms with van der Waals surface area (Å²) in [7, 11) is 0. The lowest BCUT2D eigenvalue weighted by Crippen LogP contribution is -2.40. The largest absolute Gasteiger partial charge is 0.353 e. The molecule has 1 saturated heterocycles. The molecule has 0 aliphatic carbocycles. The van der Waals surface area contributed by atoms with Crippen molar-refractivity contribution < 1.29 is 0 Å². The van der Waals surface area contributed by atoms with Gasteiger partial charge in [0.2, 0.25) is 0 Å². The molecule has 2 aromatic rings. The van der Waals surface area contributed by atoms with Crippen molar-refractivity contribution in [3.05, 3.63) is 23.2 Å². The van der Waals surface area contributed by atoms with Gasteiger partial charge in [0.15, 0.2) is 11.5 Å². The standard InChI is InChI=1S/C13H17BrN4/c1-13(2)4-3-6-18(9-13)12-11-15-5-7-17(11)8-10(14)16-12/h5,7-8H,3-4,6,9H2,1-2H3. The van der Waals surface area contributed by atoms with E-state index in [2.05, 4.69) is 44.6 Å². The molecule has 0 aromatic carbocycles. The van der Waals surface area contributed by atoms with Gasteiger partial charge < -0.3 is 9.30 Å². The molecule has 0 bridgehead atoms.